The largest absolute Gasteiger partial charge is 0.473 e. The number of rotatable bonds is 10. The summed E-state index contributed by atoms with van der Waals surface area (Å²) in [7, 11) is 1.67. The van der Waals surface area contributed by atoms with Gasteiger partial charge in [0.1, 0.15) is 30.3 Å². The smallest absolute Gasteiger partial charge is 0.333 e. The third kappa shape index (κ3) is 7.31. The Morgan fingerprint density at radius 3 is 2.08 bits per heavy atom. The number of imidazole rings is 1. The SMILES string of the molecule is Cn1c(=O)n(-c2ccc(OCc3ccccc3)nc2OCc2ccccc2)c2ccc(-c3ccc(CC(=O)OC(C)(C)C)cc3F)cc21. The molecule has 0 aliphatic rings. The fourth-order valence-corrected chi connectivity index (χ4v) is 5.41. The molecule has 0 aliphatic carbocycles. The van der Waals surface area contributed by atoms with Crippen molar-refractivity contribution in [2.45, 2.75) is 46.0 Å². The van der Waals surface area contributed by atoms with Crippen LogP contribution in [0.4, 0.5) is 4.39 Å². The number of ether oxygens (including phenoxy) is 3. The average Bonchev–Trinajstić information content (AvgIpc) is 3.31. The molecule has 0 saturated heterocycles. The van der Waals surface area contributed by atoms with Crippen molar-refractivity contribution >= 4 is 17.0 Å². The molecule has 9 heteroatoms. The topological polar surface area (TPSA) is 84.6 Å². The molecule has 0 saturated carbocycles. The Morgan fingerprint density at radius 2 is 1.44 bits per heavy atom. The van der Waals surface area contributed by atoms with Gasteiger partial charge in [-0.05, 0) is 67.3 Å². The van der Waals surface area contributed by atoms with Crippen LogP contribution in [0.15, 0.2) is 114 Å². The molecule has 0 radical (unpaired) electrons. The molecule has 2 aromatic heterocycles. The van der Waals surface area contributed by atoms with Crippen molar-refractivity contribution in [1.29, 1.82) is 0 Å². The van der Waals surface area contributed by atoms with Crippen LogP contribution >= 0.6 is 0 Å². The fraction of sp³-hybridized carbons (Fsp3) is 0.205. The van der Waals surface area contributed by atoms with Crippen molar-refractivity contribution in [2.24, 2.45) is 7.05 Å². The summed E-state index contributed by atoms with van der Waals surface area (Å²) >= 11 is 0. The van der Waals surface area contributed by atoms with Gasteiger partial charge in [-0.25, -0.2) is 9.18 Å². The number of aromatic nitrogens is 3. The summed E-state index contributed by atoms with van der Waals surface area (Å²) in [6, 6.07) is 32.9. The van der Waals surface area contributed by atoms with Crippen LogP contribution in [0.1, 0.15) is 37.5 Å². The van der Waals surface area contributed by atoms with Gasteiger partial charge >= 0.3 is 11.7 Å². The molecule has 4 aromatic carbocycles. The summed E-state index contributed by atoms with van der Waals surface area (Å²) in [5.74, 6) is -0.321. The molecule has 0 unspecified atom stereocenters. The van der Waals surface area contributed by atoms with Gasteiger partial charge in [-0.3, -0.25) is 13.9 Å². The van der Waals surface area contributed by atoms with E-state index in [0.29, 0.717) is 45.9 Å². The van der Waals surface area contributed by atoms with E-state index in [1.54, 1.807) is 70.3 Å². The van der Waals surface area contributed by atoms with Gasteiger partial charge in [-0.15, -0.1) is 0 Å². The van der Waals surface area contributed by atoms with Gasteiger partial charge in [0.05, 0.1) is 17.5 Å². The predicted octanol–water partition coefficient (Wildman–Crippen LogP) is 7.57. The van der Waals surface area contributed by atoms with Crippen LogP contribution in [0.3, 0.4) is 0 Å². The first-order valence-electron chi connectivity index (χ1n) is 15.6. The van der Waals surface area contributed by atoms with Crippen molar-refractivity contribution in [3.63, 3.8) is 0 Å². The van der Waals surface area contributed by atoms with Gasteiger partial charge in [0.2, 0.25) is 11.8 Å². The summed E-state index contributed by atoms with van der Waals surface area (Å²) in [6.45, 7) is 5.92. The lowest BCUT2D eigenvalue weighted by molar-refractivity contribution is -0.153. The van der Waals surface area contributed by atoms with E-state index in [4.69, 9.17) is 14.2 Å². The highest BCUT2D eigenvalue weighted by Gasteiger charge is 2.21. The minimum atomic E-state index is -0.625. The van der Waals surface area contributed by atoms with E-state index in [0.717, 1.165) is 11.1 Å². The Morgan fingerprint density at radius 1 is 0.771 bits per heavy atom. The van der Waals surface area contributed by atoms with E-state index in [9.17, 15) is 9.59 Å². The number of hydrogen-bond donors (Lipinski definition) is 0. The lowest BCUT2D eigenvalue weighted by atomic mass is 10.0. The zero-order valence-electron chi connectivity index (χ0n) is 27.3. The van der Waals surface area contributed by atoms with Crippen LogP contribution in [-0.4, -0.2) is 25.7 Å². The van der Waals surface area contributed by atoms with E-state index in [1.807, 2.05) is 60.7 Å². The number of halogens is 1. The van der Waals surface area contributed by atoms with Crippen LogP contribution in [0.5, 0.6) is 11.8 Å². The Balaban J connectivity index is 1.33. The third-order valence-electron chi connectivity index (χ3n) is 7.67. The summed E-state index contributed by atoms with van der Waals surface area (Å²) in [6.07, 6.45) is -0.0380. The summed E-state index contributed by atoms with van der Waals surface area (Å²) in [4.78, 5) is 30.7. The molecule has 2 heterocycles. The number of benzene rings is 4. The number of pyridine rings is 1. The third-order valence-corrected chi connectivity index (χ3v) is 7.67. The molecule has 0 bridgehead atoms. The second-order valence-corrected chi connectivity index (χ2v) is 12.5. The van der Waals surface area contributed by atoms with Crippen molar-refractivity contribution in [3.8, 4) is 28.6 Å². The minimum absolute atomic E-state index is 0.0380. The molecule has 0 fully saturated rings. The van der Waals surface area contributed by atoms with Crippen LogP contribution in [0.2, 0.25) is 0 Å². The molecular formula is C39H36FN3O5. The van der Waals surface area contributed by atoms with E-state index < -0.39 is 17.4 Å². The fourth-order valence-electron chi connectivity index (χ4n) is 5.41. The van der Waals surface area contributed by atoms with Crippen LogP contribution < -0.4 is 15.2 Å². The summed E-state index contributed by atoms with van der Waals surface area (Å²) < 4.78 is 36.0. The molecule has 48 heavy (non-hydrogen) atoms. The lowest BCUT2D eigenvalue weighted by Gasteiger charge is -2.19. The van der Waals surface area contributed by atoms with Crippen molar-refractivity contribution in [1.82, 2.24) is 14.1 Å². The number of fused-ring (bicyclic) bond motifs is 1. The molecule has 0 aliphatic heterocycles. The molecule has 6 aromatic rings. The summed E-state index contributed by atoms with van der Waals surface area (Å²) in [5.41, 5.74) is 4.06. The van der Waals surface area contributed by atoms with Gasteiger partial charge in [-0.1, -0.05) is 78.9 Å². The summed E-state index contributed by atoms with van der Waals surface area (Å²) in [5, 5.41) is 0. The number of carbonyl (C=O) groups is 1. The maximum Gasteiger partial charge on any atom is 0.333 e. The maximum absolute atomic E-state index is 15.4. The van der Waals surface area contributed by atoms with E-state index in [-0.39, 0.29) is 24.6 Å². The first-order chi connectivity index (χ1) is 23.1. The van der Waals surface area contributed by atoms with Gasteiger partial charge in [0.15, 0.2) is 0 Å². The molecule has 0 amide bonds. The second kappa shape index (κ2) is 13.6. The molecule has 0 N–H and O–H groups in total. The first kappa shape index (κ1) is 32.2. The lowest BCUT2D eigenvalue weighted by Crippen LogP contribution is -2.24. The van der Waals surface area contributed by atoms with E-state index in [1.165, 1.54) is 15.2 Å². The van der Waals surface area contributed by atoms with E-state index in [2.05, 4.69) is 4.98 Å². The van der Waals surface area contributed by atoms with Crippen molar-refractivity contribution in [3.05, 3.63) is 142 Å². The minimum Gasteiger partial charge on any atom is -0.473 e. The zero-order valence-corrected chi connectivity index (χ0v) is 27.3. The zero-order chi connectivity index (χ0) is 33.8. The molecular weight excluding hydrogens is 609 g/mol. The Bertz CT molecular complexity index is 2130. The predicted molar refractivity (Wildman–Crippen MR) is 183 cm³/mol. The van der Waals surface area contributed by atoms with Gasteiger partial charge < -0.3 is 14.2 Å². The van der Waals surface area contributed by atoms with Crippen LogP contribution in [0, 0.1) is 5.82 Å². The van der Waals surface area contributed by atoms with E-state index >= 15 is 4.39 Å². The number of nitrogens with zero attached hydrogens (tertiary/aromatic N) is 3. The highest BCUT2D eigenvalue weighted by atomic mass is 19.1. The maximum atomic E-state index is 15.4. The monoisotopic (exact) mass is 645 g/mol. The van der Waals surface area contributed by atoms with Crippen molar-refractivity contribution in [2.75, 3.05) is 0 Å². The first-order valence-corrected chi connectivity index (χ1v) is 15.6. The number of carbonyl (C=O) groups excluding carboxylic acids is 1. The standard InChI is InChI=1S/C39H36FN3O5/c1-39(2,3)48-36(44)22-28-15-17-30(31(40)21-28)29-16-18-32-34(23-29)42(4)38(45)43(32)33-19-20-35(46-24-26-11-7-5-8-12-26)41-37(33)47-25-27-13-9-6-10-14-27/h5-21,23H,22,24-25H2,1-4H3. The van der Waals surface area contributed by atoms with Crippen molar-refractivity contribution < 1.29 is 23.4 Å². The highest BCUT2D eigenvalue weighted by molar-refractivity contribution is 5.84. The van der Waals surface area contributed by atoms with Gasteiger partial charge in [0, 0.05) is 18.7 Å². The Hall–Kier alpha value is -5.70. The number of esters is 1. The van der Waals surface area contributed by atoms with Gasteiger partial charge in [0.25, 0.3) is 0 Å². The molecule has 244 valence electrons. The van der Waals surface area contributed by atoms with Crippen LogP contribution in [0.25, 0.3) is 27.8 Å². The normalized spacial score (nSPS) is 11.4. The average molecular weight is 646 g/mol. The van der Waals surface area contributed by atoms with Gasteiger partial charge in [-0.2, -0.15) is 4.98 Å². The quantitative estimate of drug-likeness (QED) is 0.143. The Kier molecular flexibility index (Phi) is 9.12. The number of hydrogen-bond acceptors (Lipinski definition) is 6. The van der Waals surface area contributed by atoms with Crippen LogP contribution in [-0.2, 0) is 36.2 Å². The molecule has 8 nitrogen and oxygen atoms in total. The Labute approximate surface area is 278 Å². The molecule has 0 spiro atoms. The molecule has 0 atom stereocenters. The number of aryl methyl sites for hydroxylation is 1. The molecule has 6 rings (SSSR count). The highest BCUT2D eigenvalue weighted by Crippen LogP contribution is 2.31. The second-order valence-electron chi connectivity index (χ2n) is 12.5.